The first-order valence-electron chi connectivity index (χ1n) is 6.67. The van der Waals surface area contributed by atoms with Gasteiger partial charge in [0.15, 0.2) is 4.34 Å². The van der Waals surface area contributed by atoms with Gasteiger partial charge in [-0.3, -0.25) is 9.59 Å². The number of carbonyl (C=O) groups excluding carboxylic acids is 2. The summed E-state index contributed by atoms with van der Waals surface area (Å²) in [6.45, 7) is 4.01. The Morgan fingerprint density at radius 2 is 2.32 bits per heavy atom. The summed E-state index contributed by atoms with van der Waals surface area (Å²) in [5, 5.41) is 2.52. The summed E-state index contributed by atoms with van der Waals surface area (Å²) in [6, 6.07) is 3.58. The first-order valence-corrected chi connectivity index (χ1v) is 8.36. The summed E-state index contributed by atoms with van der Waals surface area (Å²) in [5.41, 5.74) is 5.98. The normalized spacial score (nSPS) is 12.1. The Balaban J connectivity index is 1.89. The highest BCUT2D eigenvalue weighted by molar-refractivity contribution is 8.02. The SMILES string of the molecule is Cc1nc(SC(C)C(=O)NCc2ccco2)sc1CC(N)=O. The number of aromatic nitrogens is 1. The average molecular weight is 339 g/mol. The van der Waals surface area contributed by atoms with Crippen LogP contribution in [0.1, 0.15) is 23.3 Å². The maximum Gasteiger partial charge on any atom is 0.233 e. The zero-order valence-corrected chi connectivity index (χ0v) is 13.9. The zero-order chi connectivity index (χ0) is 16.1. The van der Waals surface area contributed by atoms with E-state index in [4.69, 9.17) is 10.2 Å². The molecule has 118 valence electrons. The summed E-state index contributed by atoms with van der Waals surface area (Å²) >= 11 is 2.77. The maximum absolute atomic E-state index is 12.0. The molecule has 1 atom stereocenters. The van der Waals surface area contributed by atoms with Gasteiger partial charge in [0.2, 0.25) is 11.8 Å². The van der Waals surface area contributed by atoms with Gasteiger partial charge in [0.25, 0.3) is 0 Å². The van der Waals surface area contributed by atoms with E-state index in [0.29, 0.717) is 12.3 Å². The van der Waals surface area contributed by atoms with Crippen LogP contribution in [0.5, 0.6) is 0 Å². The van der Waals surface area contributed by atoms with Crippen molar-refractivity contribution in [3.8, 4) is 0 Å². The molecule has 0 bridgehead atoms. The fourth-order valence-corrected chi connectivity index (χ4v) is 4.12. The monoisotopic (exact) mass is 339 g/mol. The largest absolute Gasteiger partial charge is 0.467 e. The van der Waals surface area contributed by atoms with Crippen molar-refractivity contribution in [2.45, 2.75) is 36.4 Å². The third kappa shape index (κ3) is 4.60. The number of carbonyl (C=O) groups is 2. The van der Waals surface area contributed by atoms with Gasteiger partial charge >= 0.3 is 0 Å². The minimum absolute atomic E-state index is 0.0919. The van der Waals surface area contributed by atoms with Crippen molar-refractivity contribution >= 4 is 34.9 Å². The lowest BCUT2D eigenvalue weighted by Gasteiger charge is -2.09. The highest BCUT2D eigenvalue weighted by Gasteiger charge is 2.18. The van der Waals surface area contributed by atoms with Gasteiger partial charge < -0.3 is 15.5 Å². The Hall–Kier alpha value is -1.80. The van der Waals surface area contributed by atoms with Crippen LogP contribution in [0.15, 0.2) is 27.2 Å². The Morgan fingerprint density at radius 3 is 2.95 bits per heavy atom. The molecule has 0 saturated heterocycles. The predicted molar refractivity (Wildman–Crippen MR) is 85.6 cm³/mol. The van der Waals surface area contributed by atoms with Crippen LogP contribution in [0.3, 0.4) is 0 Å². The van der Waals surface area contributed by atoms with Crippen LogP contribution in [-0.4, -0.2) is 22.0 Å². The Bertz CT molecular complexity index is 652. The second-order valence-electron chi connectivity index (χ2n) is 4.69. The summed E-state index contributed by atoms with van der Waals surface area (Å²) in [6.07, 6.45) is 1.75. The van der Waals surface area contributed by atoms with Gasteiger partial charge in [-0.25, -0.2) is 4.98 Å². The van der Waals surface area contributed by atoms with Gasteiger partial charge in [-0.05, 0) is 26.0 Å². The van der Waals surface area contributed by atoms with Gasteiger partial charge in [-0.2, -0.15) is 0 Å². The number of furan rings is 1. The van der Waals surface area contributed by atoms with Crippen molar-refractivity contribution < 1.29 is 14.0 Å². The molecule has 0 aliphatic carbocycles. The van der Waals surface area contributed by atoms with Gasteiger partial charge in [-0.1, -0.05) is 11.8 Å². The topological polar surface area (TPSA) is 98.2 Å². The summed E-state index contributed by atoms with van der Waals surface area (Å²) in [5.74, 6) is 0.234. The molecule has 1 unspecified atom stereocenters. The maximum atomic E-state index is 12.0. The lowest BCUT2D eigenvalue weighted by Crippen LogP contribution is -2.30. The fraction of sp³-hybridized carbons (Fsp3) is 0.357. The third-order valence-electron chi connectivity index (χ3n) is 2.87. The molecule has 22 heavy (non-hydrogen) atoms. The number of aryl methyl sites for hydroxylation is 1. The van der Waals surface area contributed by atoms with Crippen molar-refractivity contribution in [3.05, 3.63) is 34.7 Å². The smallest absolute Gasteiger partial charge is 0.233 e. The molecule has 2 aromatic heterocycles. The van der Waals surface area contributed by atoms with Crippen molar-refractivity contribution in [2.75, 3.05) is 0 Å². The molecule has 0 radical (unpaired) electrons. The number of nitrogens with zero attached hydrogens (tertiary/aromatic N) is 1. The van der Waals surface area contributed by atoms with Crippen LogP contribution >= 0.6 is 23.1 Å². The molecule has 2 heterocycles. The second-order valence-corrected chi connectivity index (χ2v) is 7.36. The summed E-state index contributed by atoms with van der Waals surface area (Å²) < 4.78 is 5.92. The van der Waals surface area contributed by atoms with Crippen molar-refractivity contribution in [2.24, 2.45) is 5.73 Å². The molecule has 0 aromatic carbocycles. The van der Waals surface area contributed by atoms with Crippen molar-refractivity contribution in [3.63, 3.8) is 0 Å². The highest BCUT2D eigenvalue weighted by Crippen LogP contribution is 2.30. The summed E-state index contributed by atoms with van der Waals surface area (Å²) in [7, 11) is 0. The van der Waals surface area contributed by atoms with Crippen LogP contribution < -0.4 is 11.1 Å². The van der Waals surface area contributed by atoms with Crippen LogP contribution in [-0.2, 0) is 22.6 Å². The number of hydrogen-bond donors (Lipinski definition) is 2. The first kappa shape index (κ1) is 16.6. The molecule has 6 nitrogen and oxygen atoms in total. The van der Waals surface area contributed by atoms with Crippen molar-refractivity contribution in [1.29, 1.82) is 0 Å². The van der Waals surface area contributed by atoms with E-state index in [2.05, 4.69) is 10.3 Å². The highest BCUT2D eigenvalue weighted by atomic mass is 32.2. The van der Waals surface area contributed by atoms with E-state index in [1.165, 1.54) is 23.1 Å². The first-order chi connectivity index (χ1) is 10.5. The van der Waals surface area contributed by atoms with Gasteiger partial charge in [-0.15, -0.1) is 11.3 Å². The van der Waals surface area contributed by atoms with Crippen LogP contribution in [0.4, 0.5) is 0 Å². The van der Waals surface area contributed by atoms with Gasteiger partial charge in [0.1, 0.15) is 5.76 Å². The molecule has 3 N–H and O–H groups in total. The second kappa shape index (κ2) is 7.46. The van der Waals surface area contributed by atoms with Gasteiger partial charge in [0, 0.05) is 4.88 Å². The zero-order valence-electron chi connectivity index (χ0n) is 12.3. The van der Waals surface area contributed by atoms with E-state index in [-0.39, 0.29) is 23.5 Å². The minimum atomic E-state index is -0.382. The average Bonchev–Trinajstić information content (AvgIpc) is 3.06. The van der Waals surface area contributed by atoms with Crippen molar-refractivity contribution in [1.82, 2.24) is 10.3 Å². The standard InChI is InChI=1S/C14H17N3O3S2/c1-8-11(6-12(15)18)22-14(17-8)21-9(2)13(19)16-7-10-4-3-5-20-10/h3-5,9H,6-7H2,1-2H3,(H2,15,18)(H,16,19). The molecule has 0 aliphatic rings. The lowest BCUT2D eigenvalue weighted by atomic mass is 10.3. The van der Waals surface area contributed by atoms with Crippen LogP contribution in [0.25, 0.3) is 0 Å². The molecule has 0 fully saturated rings. The number of thiazole rings is 1. The number of rotatable bonds is 7. The number of nitrogens with two attached hydrogens (primary N) is 1. The van der Waals surface area contributed by atoms with E-state index in [1.54, 1.807) is 18.4 Å². The van der Waals surface area contributed by atoms with Gasteiger partial charge in [0.05, 0.1) is 30.2 Å². The third-order valence-corrected chi connectivity index (χ3v) is 5.22. The van der Waals surface area contributed by atoms with E-state index < -0.39 is 0 Å². The molecule has 2 rings (SSSR count). The molecule has 0 spiro atoms. The molecule has 2 amide bonds. The Morgan fingerprint density at radius 1 is 1.55 bits per heavy atom. The van der Waals surface area contributed by atoms with E-state index in [9.17, 15) is 9.59 Å². The van der Waals surface area contributed by atoms with Crippen LogP contribution in [0, 0.1) is 6.92 Å². The molecular weight excluding hydrogens is 322 g/mol. The number of hydrogen-bond acceptors (Lipinski definition) is 6. The molecule has 0 saturated carbocycles. The molecule has 2 aromatic rings. The minimum Gasteiger partial charge on any atom is -0.467 e. The predicted octanol–water partition coefficient (Wildman–Crippen LogP) is 1.87. The number of thioether (sulfide) groups is 1. The molecule has 8 heteroatoms. The van der Waals surface area contributed by atoms with E-state index >= 15 is 0 Å². The van der Waals surface area contributed by atoms with E-state index in [1.807, 2.05) is 13.8 Å². The summed E-state index contributed by atoms with van der Waals surface area (Å²) in [4.78, 5) is 28.2. The Kier molecular flexibility index (Phi) is 5.62. The number of amides is 2. The van der Waals surface area contributed by atoms with Crippen LogP contribution in [0.2, 0.25) is 0 Å². The fourth-order valence-electron chi connectivity index (χ4n) is 1.71. The number of primary amides is 1. The quantitative estimate of drug-likeness (QED) is 0.750. The molecular formula is C14H17N3O3S2. The Labute approximate surface area is 136 Å². The number of nitrogens with one attached hydrogen (secondary N) is 1. The lowest BCUT2D eigenvalue weighted by molar-refractivity contribution is -0.120. The van der Waals surface area contributed by atoms with E-state index in [0.717, 1.165) is 14.9 Å². The molecule has 0 aliphatic heterocycles.